The highest BCUT2D eigenvalue weighted by Gasteiger charge is 2.29. The number of carbonyl (C=O) groups excluding carboxylic acids is 1. The summed E-state index contributed by atoms with van der Waals surface area (Å²) in [6, 6.07) is 0. The van der Waals surface area contributed by atoms with E-state index in [1.807, 2.05) is 25.7 Å². The highest BCUT2D eigenvalue weighted by atomic mass is 16.5. The van der Waals surface area contributed by atoms with Gasteiger partial charge in [-0.05, 0) is 6.42 Å². The van der Waals surface area contributed by atoms with Crippen LogP contribution >= 0.6 is 0 Å². The molecule has 1 aromatic heterocycles. The normalized spacial score (nSPS) is 17.2. The Morgan fingerprint density at radius 3 is 2.48 bits per heavy atom. The maximum Gasteiger partial charge on any atom is 0.240 e. The fourth-order valence-electron chi connectivity index (χ4n) is 2.45. The molecule has 0 aromatic carbocycles. The van der Waals surface area contributed by atoms with Gasteiger partial charge in [0.05, 0.1) is 6.54 Å². The molecule has 21 heavy (non-hydrogen) atoms. The standard InChI is InChI=1S/C15H26N4O2/c1-5-6-12-16-13(21-17-12)11-18-7-9-19(10-8-18)14(20)15(2,3)4/h5-11H2,1-4H3. The van der Waals surface area contributed by atoms with E-state index in [-0.39, 0.29) is 11.3 Å². The van der Waals surface area contributed by atoms with Crippen LogP contribution in [0.3, 0.4) is 0 Å². The van der Waals surface area contributed by atoms with Crippen LogP contribution in [-0.4, -0.2) is 52.0 Å². The maximum atomic E-state index is 12.2. The molecular weight excluding hydrogens is 268 g/mol. The zero-order valence-electron chi connectivity index (χ0n) is 13.6. The molecule has 0 bridgehead atoms. The molecule has 0 radical (unpaired) electrons. The number of aryl methyl sites for hydroxylation is 1. The third kappa shape index (κ3) is 4.27. The molecule has 0 spiro atoms. The van der Waals surface area contributed by atoms with E-state index >= 15 is 0 Å². The van der Waals surface area contributed by atoms with Crippen molar-refractivity contribution < 1.29 is 9.32 Å². The van der Waals surface area contributed by atoms with Crippen LogP contribution in [0, 0.1) is 5.41 Å². The molecule has 1 aliphatic heterocycles. The molecule has 2 heterocycles. The summed E-state index contributed by atoms with van der Waals surface area (Å²) < 4.78 is 5.27. The Morgan fingerprint density at radius 1 is 1.24 bits per heavy atom. The SMILES string of the molecule is CCCc1noc(CN2CCN(C(=O)C(C)(C)C)CC2)n1. The monoisotopic (exact) mass is 294 g/mol. The second-order valence-corrected chi connectivity index (χ2v) is 6.67. The van der Waals surface area contributed by atoms with Crippen molar-refractivity contribution in [3.05, 3.63) is 11.7 Å². The number of nitrogens with zero attached hydrogens (tertiary/aromatic N) is 4. The predicted octanol–water partition coefficient (Wildman–Crippen LogP) is 1.71. The number of amides is 1. The van der Waals surface area contributed by atoms with Crippen LogP contribution in [0.15, 0.2) is 4.52 Å². The number of piperazine rings is 1. The molecule has 118 valence electrons. The minimum Gasteiger partial charge on any atom is -0.340 e. The average molecular weight is 294 g/mol. The molecule has 0 N–H and O–H groups in total. The second-order valence-electron chi connectivity index (χ2n) is 6.67. The van der Waals surface area contributed by atoms with Crippen molar-refractivity contribution in [1.82, 2.24) is 19.9 Å². The number of carbonyl (C=O) groups is 1. The summed E-state index contributed by atoms with van der Waals surface area (Å²) in [6.07, 6.45) is 1.88. The Balaban J connectivity index is 1.82. The van der Waals surface area contributed by atoms with Crippen LogP contribution in [0.25, 0.3) is 0 Å². The largest absolute Gasteiger partial charge is 0.340 e. The Bertz CT molecular complexity index is 470. The molecule has 0 atom stereocenters. The third-order valence-electron chi connectivity index (χ3n) is 3.64. The predicted molar refractivity (Wildman–Crippen MR) is 79.6 cm³/mol. The van der Waals surface area contributed by atoms with Gasteiger partial charge in [-0.3, -0.25) is 9.69 Å². The van der Waals surface area contributed by atoms with E-state index in [2.05, 4.69) is 22.0 Å². The molecule has 2 rings (SSSR count). The Labute approximate surface area is 126 Å². The van der Waals surface area contributed by atoms with Gasteiger partial charge < -0.3 is 9.42 Å². The molecule has 0 aliphatic carbocycles. The summed E-state index contributed by atoms with van der Waals surface area (Å²) in [5.74, 6) is 1.69. The van der Waals surface area contributed by atoms with E-state index < -0.39 is 0 Å². The first-order valence-electron chi connectivity index (χ1n) is 7.73. The van der Waals surface area contributed by atoms with Gasteiger partial charge in [0.1, 0.15) is 0 Å². The van der Waals surface area contributed by atoms with Gasteiger partial charge >= 0.3 is 0 Å². The Hall–Kier alpha value is -1.43. The lowest BCUT2D eigenvalue weighted by molar-refractivity contribution is -0.141. The molecule has 6 heteroatoms. The molecule has 1 aromatic rings. The minimum absolute atomic E-state index is 0.227. The highest BCUT2D eigenvalue weighted by molar-refractivity contribution is 5.81. The van der Waals surface area contributed by atoms with E-state index in [0.29, 0.717) is 12.4 Å². The van der Waals surface area contributed by atoms with Gasteiger partial charge in [0.25, 0.3) is 0 Å². The van der Waals surface area contributed by atoms with Crippen LogP contribution in [-0.2, 0) is 17.8 Å². The van der Waals surface area contributed by atoms with E-state index in [4.69, 9.17) is 4.52 Å². The van der Waals surface area contributed by atoms with Crippen LogP contribution in [0.2, 0.25) is 0 Å². The zero-order chi connectivity index (χ0) is 15.5. The summed E-state index contributed by atoms with van der Waals surface area (Å²) in [5.41, 5.74) is -0.302. The lowest BCUT2D eigenvalue weighted by atomic mass is 9.94. The van der Waals surface area contributed by atoms with E-state index in [0.717, 1.165) is 44.8 Å². The molecular formula is C15H26N4O2. The summed E-state index contributed by atoms with van der Waals surface area (Å²) in [6.45, 7) is 11.9. The minimum atomic E-state index is -0.302. The van der Waals surface area contributed by atoms with Gasteiger partial charge in [-0.15, -0.1) is 0 Å². The number of rotatable bonds is 4. The maximum absolute atomic E-state index is 12.2. The fourth-order valence-corrected chi connectivity index (χ4v) is 2.45. The Morgan fingerprint density at radius 2 is 1.90 bits per heavy atom. The Kier molecular flexibility index (Phi) is 4.98. The smallest absolute Gasteiger partial charge is 0.240 e. The van der Waals surface area contributed by atoms with Crippen LogP contribution in [0.5, 0.6) is 0 Å². The molecule has 1 fully saturated rings. The first-order chi connectivity index (χ1) is 9.90. The molecule has 1 amide bonds. The number of hydrogen-bond donors (Lipinski definition) is 0. The topological polar surface area (TPSA) is 62.5 Å². The lowest BCUT2D eigenvalue weighted by Crippen LogP contribution is -2.51. The van der Waals surface area contributed by atoms with Crippen molar-refractivity contribution in [2.75, 3.05) is 26.2 Å². The fraction of sp³-hybridized carbons (Fsp3) is 0.800. The zero-order valence-corrected chi connectivity index (χ0v) is 13.6. The van der Waals surface area contributed by atoms with Crippen molar-refractivity contribution in [1.29, 1.82) is 0 Å². The van der Waals surface area contributed by atoms with Gasteiger partial charge in [-0.2, -0.15) is 4.98 Å². The van der Waals surface area contributed by atoms with Gasteiger partial charge in [0, 0.05) is 38.0 Å². The molecule has 0 unspecified atom stereocenters. The molecule has 6 nitrogen and oxygen atoms in total. The average Bonchev–Trinajstić information content (AvgIpc) is 2.86. The van der Waals surface area contributed by atoms with Crippen molar-refractivity contribution >= 4 is 5.91 Å². The van der Waals surface area contributed by atoms with Crippen LogP contribution in [0.4, 0.5) is 0 Å². The molecule has 1 saturated heterocycles. The first-order valence-corrected chi connectivity index (χ1v) is 7.73. The van der Waals surface area contributed by atoms with Crippen molar-refractivity contribution in [3.63, 3.8) is 0 Å². The first kappa shape index (κ1) is 15.9. The van der Waals surface area contributed by atoms with Crippen LogP contribution < -0.4 is 0 Å². The van der Waals surface area contributed by atoms with Crippen molar-refractivity contribution in [3.8, 4) is 0 Å². The summed E-state index contributed by atoms with van der Waals surface area (Å²) in [5, 5.41) is 3.97. The van der Waals surface area contributed by atoms with Gasteiger partial charge in [0.15, 0.2) is 5.82 Å². The summed E-state index contributed by atoms with van der Waals surface area (Å²) in [7, 11) is 0. The van der Waals surface area contributed by atoms with Gasteiger partial charge in [-0.1, -0.05) is 32.9 Å². The highest BCUT2D eigenvalue weighted by Crippen LogP contribution is 2.19. The molecule has 1 aliphatic rings. The van der Waals surface area contributed by atoms with E-state index in [1.165, 1.54) is 0 Å². The quantitative estimate of drug-likeness (QED) is 0.846. The van der Waals surface area contributed by atoms with Gasteiger partial charge in [-0.25, -0.2) is 0 Å². The lowest BCUT2D eigenvalue weighted by Gasteiger charge is -2.37. The van der Waals surface area contributed by atoms with E-state index in [1.54, 1.807) is 0 Å². The number of hydrogen-bond acceptors (Lipinski definition) is 5. The third-order valence-corrected chi connectivity index (χ3v) is 3.64. The molecule has 0 saturated carbocycles. The van der Waals surface area contributed by atoms with Gasteiger partial charge in [0.2, 0.25) is 11.8 Å². The number of aromatic nitrogens is 2. The van der Waals surface area contributed by atoms with Crippen molar-refractivity contribution in [2.24, 2.45) is 5.41 Å². The van der Waals surface area contributed by atoms with Crippen molar-refractivity contribution in [2.45, 2.75) is 47.1 Å². The summed E-state index contributed by atoms with van der Waals surface area (Å²) in [4.78, 5) is 20.8. The second kappa shape index (κ2) is 6.56. The van der Waals surface area contributed by atoms with E-state index in [9.17, 15) is 4.79 Å². The summed E-state index contributed by atoms with van der Waals surface area (Å²) >= 11 is 0. The van der Waals surface area contributed by atoms with Crippen LogP contribution in [0.1, 0.15) is 45.8 Å².